The van der Waals surface area contributed by atoms with Gasteiger partial charge in [0.2, 0.25) is 0 Å². The predicted octanol–water partition coefficient (Wildman–Crippen LogP) is 1.42. The fourth-order valence-corrected chi connectivity index (χ4v) is 5.72. The van der Waals surface area contributed by atoms with Crippen LogP contribution < -0.4 is 0 Å². The molecule has 2 saturated heterocycles. The third-order valence-corrected chi connectivity index (χ3v) is 8.01. The minimum absolute atomic E-state index is 0.0411. The Hall–Kier alpha value is -1.51. The van der Waals surface area contributed by atoms with Gasteiger partial charge in [-0.15, -0.1) is 0 Å². The van der Waals surface area contributed by atoms with Gasteiger partial charge in [0, 0.05) is 23.3 Å². The second-order valence-electron chi connectivity index (χ2n) is 9.46. The van der Waals surface area contributed by atoms with Gasteiger partial charge >= 0.3 is 5.97 Å². The standard InChI is InChI=1S/C23H32O7/c1-14(25)16(26)6-4-5-7-20(27)30-18-11-19-23(13-28-23)22(18,3)21(2)9-8-15(12-24)10-17(21)29-19/h4-7,10,14,16-19,24-26H,8-9,11-13H2,1-3H3/b6-4+,7-5-/t14-,16?,17-,18-,19-,21-,22-,23+/m1/s1. The summed E-state index contributed by atoms with van der Waals surface area (Å²) in [4.78, 5) is 12.5. The topological polar surface area (TPSA) is 109 Å². The van der Waals surface area contributed by atoms with Crippen molar-refractivity contribution >= 4 is 5.97 Å². The molecule has 8 atom stereocenters. The molecule has 3 fully saturated rings. The molecule has 0 radical (unpaired) electrons. The summed E-state index contributed by atoms with van der Waals surface area (Å²) in [5.41, 5.74) is -0.0904. The van der Waals surface area contributed by atoms with Gasteiger partial charge in [-0.2, -0.15) is 0 Å². The van der Waals surface area contributed by atoms with Crippen LogP contribution in [0.2, 0.25) is 0 Å². The van der Waals surface area contributed by atoms with Crippen LogP contribution in [0, 0.1) is 10.8 Å². The largest absolute Gasteiger partial charge is 0.458 e. The number of fused-ring (bicyclic) bond motifs is 2. The molecule has 2 aliphatic carbocycles. The lowest BCUT2D eigenvalue weighted by Crippen LogP contribution is -2.63. The summed E-state index contributed by atoms with van der Waals surface area (Å²) >= 11 is 0. The average molecular weight is 421 g/mol. The third kappa shape index (κ3) is 3.10. The second-order valence-corrected chi connectivity index (χ2v) is 9.46. The van der Waals surface area contributed by atoms with Crippen LogP contribution in [0.1, 0.15) is 40.0 Å². The van der Waals surface area contributed by atoms with Crippen LogP contribution >= 0.6 is 0 Å². The fourth-order valence-electron chi connectivity index (χ4n) is 5.72. The lowest BCUT2D eigenvalue weighted by atomic mass is 9.52. The Balaban J connectivity index is 1.52. The highest BCUT2D eigenvalue weighted by molar-refractivity contribution is 5.82. The summed E-state index contributed by atoms with van der Waals surface area (Å²) < 4.78 is 18.3. The van der Waals surface area contributed by atoms with Crippen molar-refractivity contribution in [2.75, 3.05) is 13.2 Å². The van der Waals surface area contributed by atoms with Gasteiger partial charge in [0.15, 0.2) is 0 Å². The van der Waals surface area contributed by atoms with Crippen molar-refractivity contribution in [3.8, 4) is 0 Å². The molecular weight excluding hydrogens is 388 g/mol. The van der Waals surface area contributed by atoms with Crippen molar-refractivity contribution in [2.24, 2.45) is 10.8 Å². The van der Waals surface area contributed by atoms with Crippen molar-refractivity contribution in [3.63, 3.8) is 0 Å². The Morgan fingerprint density at radius 2 is 2.10 bits per heavy atom. The molecule has 0 aromatic heterocycles. The first kappa shape index (κ1) is 21.7. The quantitative estimate of drug-likeness (QED) is 0.196. The lowest BCUT2D eigenvalue weighted by Gasteiger charge is -2.57. The van der Waals surface area contributed by atoms with Gasteiger partial charge in [-0.3, -0.25) is 0 Å². The van der Waals surface area contributed by atoms with Crippen LogP contribution in [-0.4, -0.2) is 70.6 Å². The molecule has 7 nitrogen and oxygen atoms in total. The maximum Gasteiger partial charge on any atom is 0.331 e. The Morgan fingerprint density at radius 3 is 2.73 bits per heavy atom. The molecule has 1 saturated carbocycles. The Labute approximate surface area is 177 Å². The monoisotopic (exact) mass is 420 g/mol. The van der Waals surface area contributed by atoms with E-state index in [2.05, 4.69) is 13.8 Å². The van der Waals surface area contributed by atoms with E-state index in [0.717, 1.165) is 18.4 Å². The van der Waals surface area contributed by atoms with Gasteiger partial charge in [-0.25, -0.2) is 4.79 Å². The number of hydrogen-bond donors (Lipinski definition) is 3. The van der Waals surface area contributed by atoms with E-state index >= 15 is 0 Å². The molecule has 3 N–H and O–H groups in total. The number of epoxide rings is 1. The summed E-state index contributed by atoms with van der Waals surface area (Å²) in [6.45, 7) is 6.48. The van der Waals surface area contributed by atoms with Crippen molar-refractivity contribution in [3.05, 3.63) is 36.0 Å². The van der Waals surface area contributed by atoms with Crippen molar-refractivity contribution in [1.29, 1.82) is 0 Å². The van der Waals surface area contributed by atoms with E-state index in [9.17, 15) is 20.1 Å². The zero-order valence-electron chi connectivity index (χ0n) is 17.8. The molecule has 0 aromatic carbocycles. The van der Waals surface area contributed by atoms with E-state index in [1.54, 1.807) is 0 Å². The van der Waals surface area contributed by atoms with Gasteiger partial charge in [0.05, 0.1) is 37.6 Å². The molecule has 2 bridgehead atoms. The fraction of sp³-hybridized carbons (Fsp3) is 0.696. The van der Waals surface area contributed by atoms with Crippen molar-refractivity contribution < 1.29 is 34.3 Å². The maximum atomic E-state index is 12.5. The minimum atomic E-state index is -0.984. The van der Waals surface area contributed by atoms with Crippen LogP contribution in [0.15, 0.2) is 36.0 Å². The van der Waals surface area contributed by atoms with Crippen LogP contribution in [-0.2, 0) is 19.0 Å². The van der Waals surface area contributed by atoms with Gasteiger partial charge in [-0.1, -0.05) is 38.2 Å². The molecule has 0 aromatic rings. The summed E-state index contributed by atoms with van der Waals surface area (Å²) in [5.74, 6) is -0.455. The number of aliphatic hydroxyl groups is 3. The lowest BCUT2D eigenvalue weighted by molar-refractivity contribution is -0.209. The van der Waals surface area contributed by atoms with E-state index in [1.807, 2.05) is 6.08 Å². The molecular formula is C23H32O7. The van der Waals surface area contributed by atoms with Gasteiger partial charge in [0.25, 0.3) is 0 Å². The van der Waals surface area contributed by atoms with E-state index < -0.39 is 29.2 Å². The number of allylic oxidation sites excluding steroid dienone is 2. The maximum absolute atomic E-state index is 12.5. The summed E-state index contributed by atoms with van der Waals surface area (Å²) in [7, 11) is 0. The summed E-state index contributed by atoms with van der Waals surface area (Å²) in [6.07, 6.45) is 7.53. The first-order valence-electron chi connectivity index (χ1n) is 10.7. The van der Waals surface area contributed by atoms with Crippen molar-refractivity contribution in [2.45, 2.75) is 76.2 Å². The predicted molar refractivity (Wildman–Crippen MR) is 108 cm³/mol. The molecule has 1 unspecified atom stereocenters. The van der Waals surface area contributed by atoms with Crippen LogP contribution in [0.3, 0.4) is 0 Å². The molecule has 2 heterocycles. The SMILES string of the molecule is C[C@@H](O)C(O)/C=C/C=C\C(=O)O[C@@H]1C[C@H]2O[C@@H]3C=C(CO)CC[C@@]3(C)[C@]1(C)[C@]21CO1. The number of rotatable bonds is 6. The average Bonchev–Trinajstić information content (AvgIpc) is 3.48. The van der Waals surface area contributed by atoms with E-state index in [4.69, 9.17) is 14.2 Å². The number of carbonyl (C=O) groups excluding carboxylic acids is 1. The highest BCUT2D eigenvalue weighted by Crippen LogP contribution is 2.71. The number of carbonyl (C=O) groups is 1. The second kappa shape index (κ2) is 7.57. The zero-order valence-corrected chi connectivity index (χ0v) is 17.8. The first-order chi connectivity index (χ1) is 14.2. The van der Waals surface area contributed by atoms with E-state index in [1.165, 1.54) is 31.2 Å². The van der Waals surface area contributed by atoms with Gasteiger partial charge in [-0.05, 0) is 25.3 Å². The molecule has 166 valence electrons. The number of hydrogen-bond acceptors (Lipinski definition) is 7. The van der Waals surface area contributed by atoms with E-state index in [0.29, 0.717) is 13.0 Å². The highest BCUT2D eigenvalue weighted by atomic mass is 16.6. The minimum Gasteiger partial charge on any atom is -0.458 e. The molecule has 0 amide bonds. The first-order valence-corrected chi connectivity index (χ1v) is 10.7. The van der Waals surface area contributed by atoms with Crippen LogP contribution in [0.4, 0.5) is 0 Å². The smallest absolute Gasteiger partial charge is 0.331 e. The number of ether oxygens (including phenoxy) is 3. The van der Waals surface area contributed by atoms with E-state index in [-0.39, 0.29) is 30.3 Å². The van der Waals surface area contributed by atoms with Crippen LogP contribution in [0.25, 0.3) is 0 Å². The summed E-state index contributed by atoms with van der Waals surface area (Å²) in [5, 5.41) is 28.4. The molecule has 1 spiro atoms. The Bertz CT molecular complexity index is 780. The highest BCUT2D eigenvalue weighted by Gasteiger charge is 2.81. The number of esters is 1. The molecule has 30 heavy (non-hydrogen) atoms. The third-order valence-electron chi connectivity index (χ3n) is 8.01. The molecule has 4 rings (SSSR count). The molecule has 4 aliphatic rings. The molecule has 2 aliphatic heterocycles. The van der Waals surface area contributed by atoms with Gasteiger partial charge in [0.1, 0.15) is 11.7 Å². The molecule has 7 heteroatoms. The van der Waals surface area contributed by atoms with Crippen molar-refractivity contribution in [1.82, 2.24) is 0 Å². The zero-order chi connectivity index (χ0) is 21.7. The summed E-state index contributed by atoms with van der Waals surface area (Å²) in [6, 6.07) is 0. The van der Waals surface area contributed by atoms with Gasteiger partial charge < -0.3 is 29.5 Å². The Kier molecular flexibility index (Phi) is 5.48. The Morgan fingerprint density at radius 1 is 1.37 bits per heavy atom. The van der Waals surface area contributed by atoms with Crippen LogP contribution in [0.5, 0.6) is 0 Å². The normalized spacial score (nSPS) is 44.2. The number of aliphatic hydroxyl groups excluding tert-OH is 3.